The number of alkyl halides is 3. The van der Waals surface area contributed by atoms with Gasteiger partial charge in [-0.15, -0.1) is 0 Å². The third kappa shape index (κ3) is 10.6. The summed E-state index contributed by atoms with van der Waals surface area (Å²) in [6, 6.07) is 27.4. The first-order valence-corrected chi connectivity index (χ1v) is 22.5. The quantitative estimate of drug-likeness (QED) is 0.125. The van der Waals surface area contributed by atoms with E-state index < -0.39 is 38.3 Å². The molecule has 0 spiro atoms. The second-order valence-corrected chi connectivity index (χ2v) is 18.6. The second kappa shape index (κ2) is 19.0. The van der Waals surface area contributed by atoms with Crippen molar-refractivity contribution in [3.8, 4) is 5.75 Å². The molecule has 2 saturated heterocycles. The smallest absolute Gasteiger partial charge is 0.490 e. The van der Waals surface area contributed by atoms with E-state index in [1.165, 1.54) is 38.8 Å². The predicted molar refractivity (Wildman–Crippen MR) is 226 cm³/mol. The van der Waals surface area contributed by atoms with Crippen molar-refractivity contribution in [2.24, 2.45) is 0 Å². The van der Waals surface area contributed by atoms with Crippen LogP contribution in [0, 0.1) is 0 Å². The van der Waals surface area contributed by atoms with E-state index in [0.29, 0.717) is 11.0 Å². The summed E-state index contributed by atoms with van der Waals surface area (Å²) in [4.78, 5) is 26.5. The molecule has 6 aromatic rings. The van der Waals surface area contributed by atoms with Crippen molar-refractivity contribution >= 4 is 53.9 Å². The van der Waals surface area contributed by atoms with Gasteiger partial charge in [0.15, 0.2) is 0 Å². The average Bonchev–Trinajstić information content (AvgIpc) is 4.07. The largest absolute Gasteiger partial charge is 0.508 e. The summed E-state index contributed by atoms with van der Waals surface area (Å²) < 4.78 is 86.7. The molecule has 14 nitrogen and oxygen atoms in total. The number of carbonyl (C=O) groups is 2. The van der Waals surface area contributed by atoms with E-state index in [1.807, 2.05) is 18.2 Å². The minimum atomic E-state index is -5.08. The molecule has 8 rings (SSSR count). The van der Waals surface area contributed by atoms with E-state index in [1.54, 1.807) is 85.2 Å². The zero-order chi connectivity index (χ0) is 44.8. The molecule has 2 fully saturated rings. The number of fused-ring (bicyclic) bond motifs is 2. The molecule has 62 heavy (non-hydrogen) atoms. The molecule has 0 unspecified atom stereocenters. The molecule has 1 amide bonds. The van der Waals surface area contributed by atoms with Gasteiger partial charge in [0.1, 0.15) is 5.75 Å². The lowest BCUT2D eigenvalue weighted by atomic mass is 10.0. The van der Waals surface area contributed by atoms with Crippen molar-refractivity contribution in [1.82, 2.24) is 22.6 Å². The number of phenols is 1. The maximum absolute atomic E-state index is 13.3. The third-order valence-corrected chi connectivity index (χ3v) is 13.9. The van der Waals surface area contributed by atoms with E-state index in [9.17, 15) is 45.0 Å². The number of nitrogens with zero attached hydrogens (tertiary/aromatic N) is 5. The molecule has 0 bridgehead atoms. The number of aliphatic carboxylic acids is 1. The van der Waals surface area contributed by atoms with E-state index in [4.69, 9.17) is 9.90 Å². The highest BCUT2D eigenvalue weighted by Gasteiger charge is 2.38. The van der Waals surface area contributed by atoms with Gasteiger partial charge < -0.3 is 20.2 Å². The van der Waals surface area contributed by atoms with Crippen LogP contribution in [0.3, 0.4) is 0 Å². The van der Waals surface area contributed by atoms with Crippen LogP contribution in [0.2, 0.25) is 0 Å². The Labute approximate surface area is 356 Å². The van der Waals surface area contributed by atoms with Crippen LogP contribution in [0.4, 0.5) is 18.0 Å². The molecule has 4 heterocycles. The fraction of sp³-hybridized carbons (Fsp3) is 0.302. The first kappa shape index (κ1) is 45.6. The Morgan fingerprint density at radius 3 is 1.45 bits per heavy atom. The second-order valence-electron chi connectivity index (χ2n) is 15.0. The molecular weight excluding hydrogens is 852 g/mol. The minimum absolute atomic E-state index is 0.0879. The third-order valence-electron chi connectivity index (χ3n) is 10.5. The van der Waals surface area contributed by atoms with Crippen LogP contribution in [0.1, 0.15) is 42.4 Å². The Kier molecular flexibility index (Phi) is 14.0. The molecule has 330 valence electrons. The summed E-state index contributed by atoms with van der Waals surface area (Å²) >= 11 is 0. The standard InChI is InChI=1S/C22H25N3O4S.C19H20N2O3S.C2HF3O2/c1-23(22(26)27)15-17-13-18(16-24-10-5-6-11-24)20-9-12-25(21(20)14-17)30(28,29)19-7-3-2-4-8-19;22-16-12-15(14-20-9-4-5-10-20)18-8-11-21(19(18)13-16)25(23,24)17-6-2-1-3-7-17;3-2(4,5)1(6)7/h2-4,7-9,12-14H,5-6,10-11,15-16H2,1H3,(H,26,27);1-3,6-8,11-13,22H,4-5,9-10,14H2;(H,6,7). The summed E-state index contributed by atoms with van der Waals surface area (Å²) in [5.41, 5.74) is 3.83. The van der Waals surface area contributed by atoms with Gasteiger partial charge in [-0.25, -0.2) is 34.4 Å². The summed E-state index contributed by atoms with van der Waals surface area (Å²) in [6.45, 7) is 5.75. The summed E-state index contributed by atoms with van der Waals surface area (Å²) in [5.74, 6) is -2.67. The summed E-state index contributed by atoms with van der Waals surface area (Å²) in [6.07, 6.45) is 1.74. The fourth-order valence-electron chi connectivity index (χ4n) is 7.52. The number of carboxylic acids is 1. The van der Waals surface area contributed by atoms with E-state index in [-0.39, 0.29) is 22.1 Å². The molecule has 3 N–H and O–H groups in total. The van der Waals surface area contributed by atoms with Gasteiger partial charge in [0.05, 0.1) is 20.8 Å². The van der Waals surface area contributed by atoms with Gasteiger partial charge in [0.25, 0.3) is 20.0 Å². The Morgan fingerprint density at radius 1 is 0.645 bits per heavy atom. The number of hydrogen-bond donors (Lipinski definition) is 3. The molecule has 2 aromatic heterocycles. The zero-order valence-corrected chi connectivity index (χ0v) is 35.3. The number of carboxylic acid groups (broad SMARTS) is 2. The average molecular weight is 898 g/mol. The van der Waals surface area contributed by atoms with E-state index >= 15 is 0 Å². The Morgan fingerprint density at radius 2 is 1.05 bits per heavy atom. The van der Waals surface area contributed by atoms with Gasteiger partial charge in [-0.05, 0) is 117 Å². The van der Waals surface area contributed by atoms with Crippen molar-refractivity contribution in [2.45, 2.75) is 61.3 Å². The molecule has 19 heteroatoms. The highest BCUT2D eigenvalue weighted by atomic mass is 32.2. The lowest BCUT2D eigenvalue weighted by molar-refractivity contribution is -0.192. The monoisotopic (exact) mass is 897 g/mol. The minimum Gasteiger partial charge on any atom is -0.508 e. The number of hydrogen-bond acceptors (Lipinski definition) is 9. The summed E-state index contributed by atoms with van der Waals surface area (Å²) in [7, 11) is -5.94. The highest BCUT2D eigenvalue weighted by molar-refractivity contribution is 7.90. The maximum atomic E-state index is 13.3. The van der Waals surface area contributed by atoms with Crippen molar-refractivity contribution in [1.29, 1.82) is 0 Å². The number of rotatable bonds is 10. The lowest BCUT2D eigenvalue weighted by Gasteiger charge is -2.19. The van der Waals surface area contributed by atoms with Crippen molar-refractivity contribution < 1.29 is 54.9 Å². The van der Waals surface area contributed by atoms with E-state index in [2.05, 4.69) is 9.80 Å². The molecule has 2 aliphatic rings. The van der Waals surface area contributed by atoms with Crippen LogP contribution in [-0.4, -0.2) is 106 Å². The van der Waals surface area contributed by atoms with Gasteiger partial charge in [-0.1, -0.05) is 42.5 Å². The summed E-state index contributed by atoms with van der Waals surface area (Å²) in [5, 5.41) is 28.3. The van der Waals surface area contributed by atoms with Crippen LogP contribution in [-0.2, 0) is 44.5 Å². The van der Waals surface area contributed by atoms with Crippen LogP contribution in [0.15, 0.2) is 119 Å². The number of aromatic nitrogens is 2. The number of benzene rings is 4. The highest BCUT2D eigenvalue weighted by Crippen LogP contribution is 2.31. The molecule has 0 atom stereocenters. The first-order chi connectivity index (χ1) is 29.4. The number of halogens is 3. The Bertz CT molecular complexity index is 2750. The molecule has 0 aliphatic carbocycles. The number of aromatic hydroxyl groups is 1. The SMILES string of the molecule is CN(Cc1cc(CN2CCCC2)c2ccn(S(=O)(=O)c3ccccc3)c2c1)C(=O)O.O=C(O)C(F)(F)F.O=S(=O)(c1ccccc1)n1ccc2c(CN3CCCC3)cc(O)cc21. The van der Waals surface area contributed by atoms with Gasteiger partial charge in [-0.2, -0.15) is 13.2 Å². The zero-order valence-electron chi connectivity index (χ0n) is 33.6. The maximum Gasteiger partial charge on any atom is 0.490 e. The van der Waals surface area contributed by atoms with Gasteiger partial charge >= 0.3 is 18.2 Å². The van der Waals surface area contributed by atoms with Crippen LogP contribution >= 0.6 is 0 Å². The van der Waals surface area contributed by atoms with Gasteiger partial charge in [-0.3, -0.25) is 9.80 Å². The van der Waals surface area contributed by atoms with Gasteiger partial charge in [0, 0.05) is 55.9 Å². The predicted octanol–water partition coefficient (Wildman–Crippen LogP) is 7.40. The van der Waals surface area contributed by atoms with Crippen molar-refractivity contribution in [3.63, 3.8) is 0 Å². The normalized spacial score (nSPS) is 14.9. The van der Waals surface area contributed by atoms with E-state index in [0.717, 1.165) is 79.6 Å². The van der Waals surface area contributed by atoms with Crippen LogP contribution in [0.25, 0.3) is 21.8 Å². The van der Waals surface area contributed by atoms with Crippen LogP contribution in [0.5, 0.6) is 5.75 Å². The fourth-order valence-corrected chi connectivity index (χ4v) is 10.2. The Hall–Kier alpha value is -5.89. The lowest BCUT2D eigenvalue weighted by Crippen LogP contribution is -2.24. The molecule has 0 saturated carbocycles. The topological polar surface area (TPSA) is 183 Å². The molecule has 4 aromatic carbocycles. The molecular formula is C43H46F3N5O9S2. The number of amides is 1. The van der Waals surface area contributed by atoms with Crippen LogP contribution < -0.4 is 0 Å². The van der Waals surface area contributed by atoms with Gasteiger partial charge in [0.2, 0.25) is 0 Å². The molecule has 0 radical (unpaired) electrons. The number of phenolic OH excluding ortho intramolecular Hbond substituents is 1. The number of likely N-dealkylation sites (tertiary alicyclic amines) is 2. The van der Waals surface area contributed by atoms with Crippen molar-refractivity contribution in [3.05, 3.63) is 126 Å². The van der Waals surface area contributed by atoms with Crippen molar-refractivity contribution in [2.75, 3.05) is 33.2 Å². The Balaban J connectivity index is 0.000000182. The molecule has 2 aliphatic heterocycles. The first-order valence-electron chi connectivity index (χ1n) is 19.6.